The maximum atomic E-state index is 13.6. The Balaban J connectivity index is 1.69. The van der Waals surface area contributed by atoms with E-state index in [0.29, 0.717) is 29.1 Å². The highest BCUT2D eigenvalue weighted by atomic mass is 31.2. The summed E-state index contributed by atoms with van der Waals surface area (Å²) < 4.78 is 43.9. The summed E-state index contributed by atoms with van der Waals surface area (Å²) in [5.74, 6) is 0.321. The minimum absolute atomic E-state index is 0.0254. The van der Waals surface area contributed by atoms with Crippen LogP contribution in [0.15, 0.2) is 42.9 Å². The molecule has 0 amide bonds. The van der Waals surface area contributed by atoms with E-state index in [4.69, 9.17) is 14.5 Å². The summed E-state index contributed by atoms with van der Waals surface area (Å²) in [7, 11) is -5.63. The molecule has 0 unspecified atom stereocenters. The van der Waals surface area contributed by atoms with E-state index in [0.717, 1.165) is 5.56 Å². The van der Waals surface area contributed by atoms with Crippen molar-refractivity contribution in [2.24, 2.45) is 0 Å². The largest absolute Gasteiger partial charge is 0.471 e. The lowest BCUT2D eigenvalue weighted by Crippen LogP contribution is -2.37. The van der Waals surface area contributed by atoms with E-state index in [1.165, 1.54) is 6.33 Å². The molecule has 30 heavy (non-hydrogen) atoms. The number of halogens is 2. The molecule has 0 fully saturated rings. The van der Waals surface area contributed by atoms with Crippen molar-refractivity contribution in [3.05, 3.63) is 54.0 Å². The maximum absolute atomic E-state index is 13.6. The highest BCUT2D eigenvalue weighted by Crippen LogP contribution is 2.55. The number of nitrogens with one attached hydrogen (secondary N) is 2. The quantitative estimate of drug-likeness (QED) is 0.301. The summed E-state index contributed by atoms with van der Waals surface area (Å²) in [5, 5.41) is 12.0. The van der Waals surface area contributed by atoms with Crippen LogP contribution in [0.4, 0.5) is 8.78 Å². The lowest BCUT2D eigenvalue weighted by Gasteiger charge is -2.23. The maximum Gasteiger partial charge on any atom is 0.394 e. The molecular formula is C18H21F2N4O5P. The molecule has 9 nitrogen and oxygen atoms in total. The number of H-pyrrole nitrogens is 1. The van der Waals surface area contributed by atoms with E-state index in [2.05, 4.69) is 20.3 Å². The molecule has 0 saturated heterocycles. The monoisotopic (exact) mass is 442 g/mol. The van der Waals surface area contributed by atoms with Crippen LogP contribution in [0.3, 0.4) is 0 Å². The van der Waals surface area contributed by atoms with Gasteiger partial charge in [0.1, 0.15) is 18.5 Å². The van der Waals surface area contributed by atoms with Crippen molar-refractivity contribution in [2.75, 3.05) is 6.61 Å². The number of aromatic nitrogens is 3. The molecule has 2 aromatic heterocycles. The lowest BCUT2D eigenvalue weighted by molar-refractivity contribution is 0.0317. The Morgan fingerprint density at radius 3 is 2.63 bits per heavy atom. The Kier molecular flexibility index (Phi) is 6.79. The number of benzene rings is 1. The van der Waals surface area contributed by atoms with Crippen LogP contribution in [0, 0.1) is 0 Å². The Labute approximate surface area is 170 Å². The van der Waals surface area contributed by atoms with Gasteiger partial charge in [-0.05, 0) is 5.56 Å². The fraction of sp³-hybridized carbons (Fsp3) is 0.333. The molecule has 2 heterocycles. The van der Waals surface area contributed by atoms with Crippen LogP contribution >= 0.6 is 7.60 Å². The van der Waals surface area contributed by atoms with Gasteiger partial charge in [0.05, 0.1) is 12.1 Å². The standard InChI is InChI=1S/C18H21F2N4O5P/c19-18(20,30(26,27)28)6-14(9-25)21-7-13-8-22-16-15(13)23-11-24-17(16)29-10-12-4-2-1-3-5-12/h1-5,8,11,14,21-22,25H,6-7,9-10H2,(H2,26,27,28)/t14-/m0/s1. The zero-order valence-electron chi connectivity index (χ0n) is 15.7. The number of aromatic amines is 1. The highest BCUT2D eigenvalue weighted by molar-refractivity contribution is 7.53. The van der Waals surface area contributed by atoms with Gasteiger partial charge in [0.25, 0.3) is 0 Å². The fourth-order valence-corrected chi connectivity index (χ4v) is 3.27. The first-order chi connectivity index (χ1) is 14.2. The minimum atomic E-state index is -5.63. The van der Waals surface area contributed by atoms with Crippen molar-refractivity contribution in [2.45, 2.75) is 31.3 Å². The molecule has 3 aromatic rings. The zero-order valence-corrected chi connectivity index (χ0v) is 16.6. The second kappa shape index (κ2) is 9.15. The summed E-state index contributed by atoms with van der Waals surface area (Å²) in [5.41, 5.74) is -1.68. The third-order valence-electron chi connectivity index (χ3n) is 4.45. The first-order valence-corrected chi connectivity index (χ1v) is 10.6. The van der Waals surface area contributed by atoms with Gasteiger partial charge in [-0.15, -0.1) is 0 Å². The smallest absolute Gasteiger partial charge is 0.394 e. The number of hydrogen-bond acceptors (Lipinski definition) is 6. The number of nitrogens with zero attached hydrogens (tertiary/aromatic N) is 2. The highest BCUT2D eigenvalue weighted by Gasteiger charge is 2.49. The third-order valence-corrected chi connectivity index (χ3v) is 5.48. The van der Waals surface area contributed by atoms with E-state index in [-0.39, 0.29) is 6.54 Å². The minimum Gasteiger partial charge on any atom is -0.471 e. The molecule has 5 N–H and O–H groups in total. The van der Waals surface area contributed by atoms with Gasteiger partial charge in [-0.1, -0.05) is 30.3 Å². The Hall–Kier alpha value is -2.43. The van der Waals surface area contributed by atoms with Crippen LogP contribution in [0.25, 0.3) is 11.0 Å². The van der Waals surface area contributed by atoms with Gasteiger partial charge in [0.15, 0.2) is 0 Å². The molecule has 0 aliphatic rings. The molecule has 0 spiro atoms. The molecule has 0 saturated carbocycles. The first kappa shape index (κ1) is 22.3. The van der Waals surface area contributed by atoms with Gasteiger partial charge in [-0.25, -0.2) is 4.98 Å². The SMILES string of the molecule is O=P(O)(O)C(F)(F)C[C@@H](CO)NCc1c[nH]c2c(OCc3ccccc3)ncnc12. The van der Waals surface area contributed by atoms with Gasteiger partial charge in [0.2, 0.25) is 5.88 Å². The summed E-state index contributed by atoms with van der Waals surface area (Å²) >= 11 is 0. The van der Waals surface area contributed by atoms with Gasteiger partial charge in [0, 0.05) is 30.8 Å². The van der Waals surface area contributed by atoms with Gasteiger partial charge >= 0.3 is 13.3 Å². The van der Waals surface area contributed by atoms with Crippen molar-refractivity contribution < 1.29 is 33.0 Å². The van der Waals surface area contributed by atoms with Crippen LogP contribution < -0.4 is 10.1 Å². The van der Waals surface area contributed by atoms with E-state index < -0.39 is 32.3 Å². The van der Waals surface area contributed by atoms with E-state index in [9.17, 15) is 18.5 Å². The van der Waals surface area contributed by atoms with Crippen molar-refractivity contribution in [1.82, 2.24) is 20.3 Å². The van der Waals surface area contributed by atoms with E-state index in [1.54, 1.807) is 6.20 Å². The second-order valence-electron chi connectivity index (χ2n) is 6.67. The molecular weight excluding hydrogens is 421 g/mol. The number of ether oxygens (including phenoxy) is 1. The number of aliphatic hydroxyl groups is 1. The fourth-order valence-electron chi connectivity index (χ4n) is 2.81. The Bertz CT molecular complexity index is 1030. The normalized spacial score (nSPS) is 13.5. The van der Waals surface area contributed by atoms with E-state index >= 15 is 0 Å². The predicted octanol–water partition coefficient (Wildman–Crippen LogP) is 2.15. The molecule has 162 valence electrons. The number of rotatable bonds is 10. The molecule has 1 atom stereocenters. The second-order valence-corrected chi connectivity index (χ2v) is 8.41. The number of hydrogen-bond donors (Lipinski definition) is 5. The van der Waals surface area contributed by atoms with Gasteiger partial charge in [-0.2, -0.15) is 13.8 Å². The predicted molar refractivity (Wildman–Crippen MR) is 104 cm³/mol. The topological polar surface area (TPSA) is 141 Å². The first-order valence-electron chi connectivity index (χ1n) is 8.96. The van der Waals surface area contributed by atoms with Crippen molar-refractivity contribution in [3.63, 3.8) is 0 Å². The zero-order chi connectivity index (χ0) is 21.8. The Morgan fingerprint density at radius 2 is 1.97 bits per heavy atom. The van der Waals surface area contributed by atoms with Gasteiger partial charge < -0.3 is 29.9 Å². The number of aliphatic hydroxyl groups excluding tert-OH is 1. The third kappa shape index (κ3) is 5.18. The van der Waals surface area contributed by atoms with Crippen LogP contribution in [-0.4, -0.2) is 48.2 Å². The molecule has 3 rings (SSSR count). The summed E-state index contributed by atoms with van der Waals surface area (Å²) in [6, 6.07) is 8.26. The summed E-state index contributed by atoms with van der Waals surface area (Å²) in [6.07, 6.45) is 1.69. The number of fused-ring (bicyclic) bond motifs is 1. The molecule has 0 aliphatic carbocycles. The molecule has 0 bridgehead atoms. The molecule has 0 aliphatic heterocycles. The van der Waals surface area contributed by atoms with Crippen molar-refractivity contribution in [1.29, 1.82) is 0 Å². The number of alkyl halides is 2. The van der Waals surface area contributed by atoms with Crippen LogP contribution in [0.5, 0.6) is 5.88 Å². The molecule has 0 radical (unpaired) electrons. The van der Waals surface area contributed by atoms with Gasteiger partial charge in [-0.3, -0.25) is 4.57 Å². The van der Waals surface area contributed by atoms with Crippen LogP contribution in [-0.2, 0) is 17.7 Å². The van der Waals surface area contributed by atoms with Crippen molar-refractivity contribution in [3.8, 4) is 5.88 Å². The average molecular weight is 442 g/mol. The van der Waals surface area contributed by atoms with Crippen molar-refractivity contribution >= 4 is 18.6 Å². The lowest BCUT2D eigenvalue weighted by atomic mass is 10.2. The molecule has 12 heteroatoms. The van der Waals surface area contributed by atoms with Crippen LogP contribution in [0.1, 0.15) is 17.5 Å². The summed E-state index contributed by atoms with van der Waals surface area (Å²) in [4.78, 5) is 28.8. The summed E-state index contributed by atoms with van der Waals surface area (Å²) in [6.45, 7) is -0.403. The van der Waals surface area contributed by atoms with Crippen LogP contribution in [0.2, 0.25) is 0 Å². The van der Waals surface area contributed by atoms with E-state index in [1.807, 2.05) is 30.3 Å². The molecule has 1 aromatic carbocycles. The Morgan fingerprint density at radius 1 is 1.23 bits per heavy atom. The average Bonchev–Trinajstić information content (AvgIpc) is 3.13.